The van der Waals surface area contributed by atoms with E-state index in [1.54, 1.807) is 13.8 Å². The molecule has 2 aliphatic heterocycles. The van der Waals surface area contributed by atoms with Crippen LogP contribution in [0.5, 0.6) is 0 Å². The van der Waals surface area contributed by atoms with Crippen molar-refractivity contribution in [1.29, 1.82) is 0 Å². The lowest BCUT2D eigenvalue weighted by Gasteiger charge is -2.49. The zero-order chi connectivity index (χ0) is 18.9. The lowest BCUT2D eigenvalue weighted by atomic mass is 9.86. The Balaban J connectivity index is 1.76. The maximum absolute atomic E-state index is 12.9. The Morgan fingerprint density at radius 1 is 1.23 bits per heavy atom. The Kier molecular flexibility index (Phi) is 5.13. The van der Waals surface area contributed by atoms with Gasteiger partial charge in [0.2, 0.25) is 11.8 Å². The summed E-state index contributed by atoms with van der Waals surface area (Å²) in [7, 11) is 2.07. The molecule has 0 radical (unpaired) electrons. The van der Waals surface area contributed by atoms with E-state index < -0.39 is 0 Å². The van der Waals surface area contributed by atoms with E-state index in [-0.39, 0.29) is 29.3 Å². The molecule has 0 aliphatic carbocycles. The summed E-state index contributed by atoms with van der Waals surface area (Å²) in [6, 6.07) is 0. The Morgan fingerprint density at radius 2 is 2.00 bits per heavy atom. The minimum Gasteiger partial charge on any atom is -0.356 e. The van der Waals surface area contributed by atoms with Gasteiger partial charge in [-0.1, -0.05) is 0 Å². The minimum absolute atomic E-state index is 0.0553. The van der Waals surface area contributed by atoms with Crippen LogP contribution in [0.2, 0.25) is 0 Å². The number of hydrogen-bond acceptors (Lipinski definition) is 5. The molecule has 2 fully saturated rings. The van der Waals surface area contributed by atoms with Crippen molar-refractivity contribution in [2.24, 2.45) is 0 Å². The standard InChI is InChI=1S/C18H27N5O3/c1-12-14(17(26)21-13(2)20-12)10-16(25)23-9-8-22(3)18(11-23)5-4-15(24)19-7-6-18/h4-11H2,1-3H3,(H,19,24)(H,20,21,26). The molecule has 0 saturated carbocycles. The number of amides is 2. The molecule has 3 rings (SSSR count). The molecular weight excluding hydrogens is 334 g/mol. The third-order valence-electron chi connectivity index (χ3n) is 5.75. The van der Waals surface area contributed by atoms with Crippen LogP contribution in [0.25, 0.3) is 0 Å². The van der Waals surface area contributed by atoms with Crippen molar-refractivity contribution >= 4 is 11.8 Å². The highest BCUT2D eigenvalue weighted by Gasteiger charge is 2.42. The second kappa shape index (κ2) is 7.19. The maximum atomic E-state index is 12.9. The number of rotatable bonds is 2. The number of nitrogens with zero attached hydrogens (tertiary/aromatic N) is 3. The lowest BCUT2D eigenvalue weighted by molar-refractivity contribution is -0.136. The number of carbonyl (C=O) groups excluding carboxylic acids is 2. The van der Waals surface area contributed by atoms with Crippen LogP contribution in [0.3, 0.4) is 0 Å². The molecule has 1 atom stereocenters. The molecule has 26 heavy (non-hydrogen) atoms. The second-order valence-corrected chi connectivity index (χ2v) is 7.45. The molecule has 1 aromatic rings. The van der Waals surface area contributed by atoms with Crippen molar-refractivity contribution in [2.75, 3.05) is 33.2 Å². The Labute approximate surface area is 153 Å². The molecule has 8 nitrogen and oxygen atoms in total. The van der Waals surface area contributed by atoms with E-state index >= 15 is 0 Å². The topological polar surface area (TPSA) is 98.4 Å². The quantitative estimate of drug-likeness (QED) is 0.756. The molecule has 2 aliphatic rings. The molecule has 0 aromatic carbocycles. The summed E-state index contributed by atoms with van der Waals surface area (Å²) in [5.41, 5.74) is 0.621. The van der Waals surface area contributed by atoms with Gasteiger partial charge in [0.05, 0.1) is 6.42 Å². The number of aromatic nitrogens is 2. The van der Waals surface area contributed by atoms with Crippen LogP contribution in [-0.2, 0) is 16.0 Å². The number of likely N-dealkylation sites (N-methyl/N-ethyl adjacent to an activating group) is 1. The van der Waals surface area contributed by atoms with Gasteiger partial charge in [0.25, 0.3) is 5.56 Å². The van der Waals surface area contributed by atoms with Crippen molar-refractivity contribution in [3.8, 4) is 0 Å². The lowest BCUT2D eigenvalue weighted by Crippen LogP contribution is -2.62. The Hall–Kier alpha value is -2.22. The molecule has 1 spiro atoms. The number of aryl methyl sites for hydroxylation is 2. The van der Waals surface area contributed by atoms with Gasteiger partial charge in [0.1, 0.15) is 5.82 Å². The first-order chi connectivity index (χ1) is 12.3. The van der Waals surface area contributed by atoms with Gasteiger partial charge in [-0.05, 0) is 33.7 Å². The summed E-state index contributed by atoms with van der Waals surface area (Å²) >= 11 is 0. The van der Waals surface area contributed by atoms with Crippen LogP contribution in [-0.4, -0.2) is 70.3 Å². The van der Waals surface area contributed by atoms with Crippen LogP contribution in [0.15, 0.2) is 4.79 Å². The molecule has 2 saturated heterocycles. The predicted molar refractivity (Wildman–Crippen MR) is 96.8 cm³/mol. The van der Waals surface area contributed by atoms with Gasteiger partial charge in [-0.15, -0.1) is 0 Å². The van der Waals surface area contributed by atoms with E-state index in [9.17, 15) is 14.4 Å². The molecule has 1 unspecified atom stereocenters. The summed E-state index contributed by atoms with van der Waals surface area (Å²) in [6.07, 6.45) is 2.11. The fourth-order valence-corrected chi connectivity index (χ4v) is 4.03. The maximum Gasteiger partial charge on any atom is 0.254 e. The summed E-state index contributed by atoms with van der Waals surface area (Å²) in [6.45, 7) is 6.11. The van der Waals surface area contributed by atoms with Gasteiger partial charge in [-0.3, -0.25) is 19.3 Å². The van der Waals surface area contributed by atoms with Crippen molar-refractivity contribution in [3.05, 3.63) is 27.4 Å². The second-order valence-electron chi connectivity index (χ2n) is 7.45. The van der Waals surface area contributed by atoms with Gasteiger partial charge in [0.15, 0.2) is 0 Å². The third-order valence-corrected chi connectivity index (χ3v) is 5.75. The molecule has 3 heterocycles. The highest BCUT2D eigenvalue weighted by Crippen LogP contribution is 2.30. The first-order valence-corrected chi connectivity index (χ1v) is 9.13. The highest BCUT2D eigenvalue weighted by molar-refractivity contribution is 5.79. The van der Waals surface area contributed by atoms with Gasteiger partial charge >= 0.3 is 0 Å². The summed E-state index contributed by atoms with van der Waals surface area (Å²) in [5.74, 6) is 0.574. The minimum atomic E-state index is -0.239. The predicted octanol–water partition coefficient (Wildman–Crippen LogP) is -0.258. The van der Waals surface area contributed by atoms with Crippen molar-refractivity contribution in [3.63, 3.8) is 0 Å². The van der Waals surface area contributed by atoms with Crippen molar-refractivity contribution < 1.29 is 9.59 Å². The summed E-state index contributed by atoms with van der Waals surface area (Å²) < 4.78 is 0. The monoisotopic (exact) mass is 361 g/mol. The molecule has 0 bridgehead atoms. The molecule has 142 valence electrons. The zero-order valence-corrected chi connectivity index (χ0v) is 15.7. The molecule has 1 aromatic heterocycles. The molecule has 2 amide bonds. The highest BCUT2D eigenvalue weighted by atomic mass is 16.2. The van der Waals surface area contributed by atoms with Gasteiger partial charge in [-0.2, -0.15) is 0 Å². The molecule has 8 heteroatoms. The Morgan fingerprint density at radius 3 is 2.73 bits per heavy atom. The van der Waals surface area contributed by atoms with E-state index in [0.717, 1.165) is 19.4 Å². The van der Waals surface area contributed by atoms with E-state index in [1.807, 2.05) is 4.90 Å². The fourth-order valence-electron chi connectivity index (χ4n) is 4.03. The first kappa shape index (κ1) is 18.6. The van der Waals surface area contributed by atoms with Gasteiger partial charge in [0, 0.05) is 49.4 Å². The average molecular weight is 361 g/mol. The van der Waals surface area contributed by atoms with Gasteiger partial charge < -0.3 is 15.2 Å². The Bertz CT molecular complexity index is 775. The fraction of sp³-hybridized carbons (Fsp3) is 0.667. The summed E-state index contributed by atoms with van der Waals surface area (Å²) in [4.78, 5) is 47.9. The van der Waals surface area contributed by atoms with E-state index in [0.29, 0.717) is 43.1 Å². The van der Waals surface area contributed by atoms with Crippen LogP contribution in [0, 0.1) is 13.8 Å². The van der Waals surface area contributed by atoms with Crippen molar-refractivity contribution in [2.45, 2.75) is 45.1 Å². The van der Waals surface area contributed by atoms with E-state index in [4.69, 9.17) is 0 Å². The van der Waals surface area contributed by atoms with E-state index in [1.165, 1.54) is 0 Å². The number of piperazine rings is 1. The van der Waals surface area contributed by atoms with E-state index in [2.05, 4.69) is 27.2 Å². The average Bonchev–Trinajstić information content (AvgIpc) is 2.76. The number of carbonyl (C=O) groups is 2. The normalized spacial score (nSPS) is 24.4. The smallest absolute Gasteiger partial charge is 0.254 e. The zero-order valence-electron chi connectivity index (χ0n) is 15.7. The third kappa shape index (κ3) is 3.65. The van der Waals surface area contributed by atoms with Crippen molar-refractivity contribution in [1.82, 2.24) is 25.1 Å². The number of H-pyrrole nitrogens is 1. The summed E-state index contributed by atoms with van der Waals surface area (Å²) in [5, 5.41) is 2.92. The number of aromatic amines is 1. The molecule has 2 N–H and O–H groups in total. The number of nitrogens with one attached hydrogen (secondary N) is 2. The van der Waals surface area contributed by atoms with Crippen LogP contribution in [0.1, 0.15) is 36.3 Å². The first-order valence-electron chi connectivity index (χ1n) is 9.13. The van der Waals surface area contributed by atoms with Crippen LogP contribution >= 0.6 is 0 Å². The molecular formula is C18H27N5O3. The van der Waals surface area contributed by atoms with Crippen LogP contribution in [0.4, 0.5) is 0 Å². The SMILES string of the molecule is Cc1nc(C)c(CC(=O)N2CCN(C)C3(CCNC(=O)CC3)C2)c(=O)[nH]1. The van der Waals surface area contributed by atoms with Crippen LogP contribution < -0.4 is 10.9 Å². The number of hydrogen-bond donors (Lipinski definition) is 2. The largest absolute Gasteiger partial charge is 0.356 e. The van der Waals surface area contributed by atoms with Gasteiger partial charge in [-0.25, -0.2) is 4.98 Å².